The fourth-order valence-corrected chi connectivity index (χ4v) is 16.6. The molecule has 0 radical (unpaired) electrons. The molecule has 0 spiro atoms. The lowest BCUT2D eigenvalue weighted by Crippen LogP contribution is -2.22. The number of carboxylic acid groups (broad SMARTS) is 1. The van der Waals surface area contributed by atoms with Crippen molar-refractivity contribution in [2.45, 2.75) is 643 Å². The first-order valence-corrected chi connectivity index (χ1v) is 59.9. The first-order valence-electron chi connectivity index (χ1n) is 59.9. The van der Waals surface area contributed by atoms with Gasteiger partial charge in [-0.25, -0.2) is 4.79 Å². The van der Waals surface area contributed by atoms with Gasteiger partial charge >= 0.3 is 5.97 Å². The lowest BCUT2D eigenvalue weighted by atomic mass is 9.89. The molecule has 2 N–H and O–H groups in total. The van der Waals surface area contributed by atoms with Crippen LogP contribution in [0.3, 0.4) is 0 Å². The maximum atomic E-state index is 10.8. The van der Waals surface area contributed by atoms with Crippen LogP contribution in [0.4, 0.5) is 0 Å². The predicted molar refractivity (Wildman–Crippen MR) is 603 cm³/mol. The van der Waals surface area contributed by atoms with E-state index in [1.165, 1.54) is 392 Å². The van der Waals surface area contributed by atoms with E-state index in [4.69, 9.17) is 28.8 Å². The van der Waals surface area contributed by atoms with Gasteiger partial charge in [0.2, 0.25) is 0 Å². The number of carbonyl (C=O) groups is 9. The monoisotopic (exact) mass is 2040 g/mol. The topological polar surface area (TPSA) is 277 Å². The van der Waals surface area contributed by atoms with E-state index >= 15 is 0 Å². The number of unbranched alkanes of at least 4 members (excludes halogenated alkanes) is 50. The molecule has 7 unspecified atom stereocenters. The molecular weight excluding hydrogens is 1800 g/mol. The summed E-state index contributed by atoms with van der Waals surface area (Å²) in [4.78, 5) is 91.2. The van der Waals surface area contributed by atoms with Crippen molar-refractivity contribution in [1.29, 1.82) is 0 Å². The van der Waals surface area contributed by atoms with Gasteiger partial charge in [-0.05, 0) is 176 Å². The number of aliphatic hydroxyl groups excluding tert-OH is 1. The molecule has 0 heterocycles. The largest absolute Gasteiger partial charge is 0.494 e. The molecule has 1 aromatic carbocycles. The normalized spacial score (nSPS) is 12.0. The smallest absolute Gasteiger partial charge is 0.335 e. The van der Waals surface area contributed by atoms with Crippen molar-refractivity contribution in [3.05, 3.63) is 29.8 Å². The van der Waals surface area contributed by atoms with Gasteiger partial charge in [0.25, 0.3) is 51.8 Å². The van der Waals surface area contributed by atoms with Crippen LogP contribution < -0.4 is 4.74 Å². The van der Waals surface area contributed by atoms with E-state index in [1.54, 1.807) is 24.3 Å². The predicted octanol–water partition coefficient (Wildman–Crippen LogP) is 36.7. The molecule has 0 aliphatic heterocycles. The van der Waals surface area contributed by atoms with Crippen LogP contribution in [-0.2, 0) is 76.3 Å². The third-order valence-electron chi connectivity index (χ3n) is 26.0. The lowest BCUT2D eigenvalue weighted by molar-refractivity contribution is -0.137. The van der Waals surface area contributed by atoms with E-state index < -0.39 is 5.97 Å². The van der Waals surface area contributed by atoms with Crippen molar-refractivity contribution in [3.63, 3.8) is 0 Å². The van der Waals surface area contributed by atoms with Crippen molar-refractivity contribution in [2.75, 3.05) is 33.0 Å². The Morgan fingerprint density at radius 3 is 0.776 bits per heavy atom. The molecule has 20 nitrogen and oxygen atoms in total. The van der Waals surface area contributed by atoms with Crippen molar-refractivity contribution in [2.24, 2.45) is 23.7 Å². The van der Waals surface area contributed by atoms with Crippen LogP contribution in [0.2, 0.25) is 0 Å². The van der Waals surface area contributed by atoms with Gasteiger partial charge < -0.3 is 52.8 Å². The Labute approximate surface area is 883 Å². The Balaban J connectivity index is -0.000000244. The highest BCUT2D eigenvalue weighted by atomic mass is 16.5. The average Bonchev–Trinajstić information content (AvgIpc) is 0.904. The number of aromatic carboxylic acids is 1. The standard InChI is InChI=1S/C20H40O2.C19H30O3.C18H36O3.C18H36O2.C16H32O2.C12H24O2.2C8H16O2.C4H8O2/c1-16(2)9-7-11-18(5)13-14-20(22-15-21)19(6)12-8-10-17(3)4;1-2-3-4-5-6-7-8-9-10-11-16-22-18-14-12-17(13-15-18)19(20)21;1-2-3-4-11-14-18(20)15-12-9-7-5-6-8-10-13-16-21-17-19;1-3-5-7-9-10-12-14-16-18(20-17-19)15-13-11-8-6-4-2;1-3-5-7-9-10-12-14-16(18-15-17)13-11-8-6-4-2;1-2-3-4-5-6-7-8-9-10-11-14-12-13;1-3-5-6-8(4-2)10-7-9;1-2-3-4-5-6-7-10-8-9;1-2-3-6-4-5/h15-20H,7-14H2,1-6H3;12-15H,2-11,16H2,1H3,(H,20,21);17-18,20H,2-16H2,1H3;17-18H,3-16H2,1-2H3;15-16H,3-14H2,1-2H3;12H,2-11H2,1H3;7-8H,3-6H2,1-2H3;8H,2-7H2,1H3;4H,2-3H2,1H3. The molecule has 0 aliphatic rings. The van der Waals surface area contributed by atoms with Crippen LogP contribution in [0.25, 0.3) is 0 Å². The van der Waals surface area contributed by atoms with E-state index in [-0.39, 0.29) is 30.5 Å². The Morgan fingerprint density at radius 2 is 0.503 bits per heavy atom. The maximum absolute atomic E-state index is 10.8. The number of carboxylic acids is 1. The highest BCUT2D eigenvalue weighted by Gasteiger charge is 2.20. The number of ether oxygens (including phenoxy) is 9. The first kappa shape index (κ1) is 152. The lowest BCUT2D eigenvalue weighted by Gasteiger charge is -2.24. The summed E-state index contributed by atoms with van der Waals surface area (Å²) in [6.45, 7) is 45.1. The molecule has 0 aliphatic carbocycles. The summed E-state index contributed by atoms with van der Waals surface area (Å²) < 4.78 is 44.3. The average molecular weight is 2040 g/mol. The second kappa shape index (κ2) is 140. The fourth-order valence-electron chi connectivity index (χ4n) is 16.6. The molecule has 0 saturated carbocycles. The van der Waals surface area contributed by atoms with Crippen LogP contribution in [0, 0.1) is 23.7 Å². The van der Waals surface area contributed by atoms with E-state index in [0.29, 0.717) is 96.3 Å². The van der Waals surface area contributed by atoms with Gasteiger partial charge in [-0.3, -0.25) is 38.4 Å². The zero-order valence-electron chi connectivity index (χ0n) is 96.9. The van der Waals surface area contributed by atoms with Crippen LogP contribution in [0.15, 0.2) is 24.3 Å². The zero-order valence-corrected chi connectivity index (χ0v) is 96.9. The Morgan fingerprint density at radius 1 is 0.245 bits per heavy atom. The third kappa shape index (κ3) is 145. The highest BCUT2D eigenvalue weighted by molar-refractivity contribution is 5.87. The molecule has 0 fully saturated rings. The van der Waals surface area contributed by atoms with Gasteiger partial charge in [-0.2, -0.15) is 0 Å². The molecule has 0 bridgehead atoms. The second-order valence-electron chi connectivity index (χ2n) is 40.8. The molecule has 0 saturated heterocycles. The Kier molecular flexibility index (Phi) is 150. The van der Waals surface area contributed by atoms with E-state index in [2.05, 4.69) is 123 Å². The molecule has 1 aromatic rings. The summed E-state index contributed by atoms with van der Waals surface area (Å²) in [5, 5.41) is 18.7. The Hall–Kier alpha value is -5.79. The summed E-state index contributed by atoms with van der Waals surface area (Å²) in [5.74, 6) is 2.63. The minimum Gasteiger partial charge on any atom is -0.494 e. The van der Waals surface area contributed by atoms with Gasteiger partial charge in [0.05, 0.1) is 44.7 Å². The van der Waals surface area contributed by atoms with Gasteiger partial charge in [0.1, 0.15) is 30.2 Å². The molecule has 1 rings (SSSR count). The second-order valence-corrected chi connectivity index (χ2v) is 40.8. The van der Waals surface area contributed by atoms with Gasteiger partial charge in [0.15, 0.2) is 0 Å². The van der Waals surface area contributed by atoms with Crippen molar-refractivity contribution in [1.82, 2.24) is 0 Å². The molecular formula is C123H238O20. The zero-order chi connectivity index (χ0) is 108. The van der Waals surface area contributed by atoms with Crippen molar-refractivity contribution in [3.8, 4) is 5.75 Å². The number of hydrogen-bond acceptors (Lipinski definition) is 19. The van der Waals surface area contributed by atoms with Gasteiger partial charge in [-0.15, -0.1) is 0 Å². The fraction of sp³-hybridized carbons (Fsp3) is 0.878. The van der Waals surface area contributed by atoms with E-state index in [9.17, 15) is 48.3 Å². The van der Waals surface area contributed by atoms with Gasteiger partial charge in [-0.1, -0.05) is 484 Å². The summed E-state index contributed by atoms with van der Waals surface area (Å²) in [5.41, 5.74) is 0.297. The van der Waals surface area contributed by atoms with Crippen LogP contribution in [0.5, 0.6) is 5.75 Å². The number of carbonyl (C=O) groups excluding carboxylic acids is 8. The van der Waals surface area contributed by atoms with E-state index in [1.807, 2.05) is 13.8 Å². The van der Waals surface area contributed by atoms with Crippen LogP contribution in [0.1, 0.15) is 622 Å². The third-order valence-corrected chi connectivity index (χ3v) is 26.0. The maximum Gasteiger partial charge on any atom is 0.335 e. The quantitative estimate of drug-likeness (QED) is 0.0348. The summed E-state index contributed by atoms with van der Waals surface area (Å²) in [6, 6.07) is 6.60. The number of benzene rings is 1. The minimum absolute atomic E-state index is 0.0697. The molecule has 7 atom stereocenters. The Bertz CT molecular complexity index is 2540. The number of hydrogen-bond donors (Lipinski definition) is 2. The SMILES string of the molecule is CC(C)CCCC(C)CCC(OC=O)C(C)CCCC(C)C.CCCCC(CC)OC=O.CCCCCCC(O)CCCCCCCCCCOC=O.CCCCCCCCC(CCCCCC)OC=O.CCCCCCCCCC(CCCCCCC)OC=O.CCCCCCCCCCCCOc1ccc(C(=O)O)cc1.CCCCCCCCCCCOC=O.CCCCCCCOC=O.CCCOC=O. The molecule has 850 valence electrons. The van der Waals surface area contributed by atoms with Crippen molar-refractivity contribution < 1.29 is 96.0 Å². The minimum atomic E-state index is -0.902. The number of rotatable bonds is 101. The first-order chi connectivity index (χ1) is 69.7. The summed E-state index contributed by atoms with van der Waals surface area (Å²) in [7, 11) is 0. The molecule has 20 heteroatoms. The molecule has 0 aromatic heterocycles. The number of aliphatic hydroxyl groups is 1. The van der Waals surface area contributed by atoms with E-state index in [0.717, 1.165) is 126 Å². The van der Waals surface area contributed by atoms with Crippen LogP contribution >= 0.6 is 0 Å². The van der Waals surface area contributed by atoms with Crippen molar-refractivity contribution >= 4 is 57.7 Å². The molecule has 143 heavy (non-hydrogen) atoms. The summed E-state index contributed by atoms with van der Waals surface area (Å²) >= 11 is 0. The summed E-state index contributed by atoms with van der Waals surface area (Å²) in [6.07, 6.45) is 95.7. The molecule has 0 amide bonds. The van der Waals surface area contributed by atoms with Gasteiger partial charge in [0, 0.05) is 0 Å². The highest BCUT2D eigenvalue weighted by Crippen LogP contribution is 2.27. The van der Waals surface area contributed by atoms with Crippen LogP contribution in [-0.4, -0.2) is 132 Å².